The first kappa shape index (κ1) is 15.1. The Morgan fingerprint density at radius 3 is 2.75 bits per heavy atom. The average molecular weight is 297 g/mol. The van der Waals surface area contributed by atoms with Gasteiger partial charge in [0.25, 0.3) is 0 Å². The molecule has 0 aliphatic carbocycles. The molecule has 20 heavy (non-hydrogen) atoms. The van der Waals surface area contributed by atoms with Gasteiger partial charge in [0.05, 0.1) is 22.7 Å². The predicted octanol–water partition coefficient (Wildman–Crippen LogP) is 2.48. The van der Waals surface area contributed by atoms with Gasteiger partial charge in [0.1, 0.15) is 0 Å². The maximum absolute atomic E-state index is 11.4. The fourth-order valence-corrected chi connectivity index (χ4v) is 2.99. The number of aliphatic hydroxyl groups excluding tert-OH is 1. The van der Waals surface area contributed by atoms with Crippen LogP contribution in [-0.2, 0) is 4.79 Å². The topological polar surface area (TPSA) is 66.6 Å². The normalized spacial score (nSPS) is 24.5. The Morgan fingerprint density at radius 1 is 1.50 bits per heavy atom. The lowest BCUT2D eigenvalue weighted by Gasteiger charge is -2.39. The first-order valence-electron chi connectivity index (χ1n) is 6.93. The molecule has 4 nitrogen and oxygen atoms in total. The molecule has 1 aromatic carbocycles. The van der Waals surface area contributed by atoms with Crippen LogP contribution in [0.2, 0.25) is 5.02 Å². The number of anilines is 1. The molecule has 5 heteroatoms. The molecule has 0 saturated carbocycles. The summed E-state index contributed by atoms with van der Waals surface area (Å²) in [6.07, 6.45) is 1.21. The van der Waals surface area contributed by atoms with Gasteiger partial charge in [-0.05, 0) is 44.4 Å². The van der Waals surface area contributed by atoms with Gasteiger partial charge in [0.2, 0.25) is 5.91 Å². The molecular weight excluding hydrogens is 276 g/mol. The number of hydrogen-bond donors (Lipinski definition) is 2. The van der Waals surface area contributed by atoms with Crippen LogP contribution in [-0.4, -0.2) is 23.6 Å². The van der Waals surface area contributed by atoms with E-state index in [0.29, 0.717) is 17.6 Å². The third-order valence-electron chi connectivity index (χ3n) is 4.05. The van der Waals surface area contributed by atoms with Crippen molar-refractivity contribution in [2.75, 3.05) is 11.4 Å². The van der Waals surface area contributed by atoms with Crippen LogP contribution in [0, 0.1) is 5.92 Å². The van der Waals surface area contributed by atoms with E-state index in [4.69, 9.17) is 17.3 Å². The molecule has 3 atom stereocenters. The number of primary amides is 1. The van der Waals surface area contributed by atoms with Gasteiger partial charge in [0, 0.05) is 12.6 Å². The number of nitrogens with two attached hydrogens (primary N) is 1. The Balaban J connectivity index is 2.27. The van der Waals surface area contributed by atoms with Crippen LogP contribution in [0.15, 0.2) is 18.2 Å². The molecule has 0 spiro atoms. The molecule has 1 heterocycles. The summed E-state index contributed by atoms with van der Waals surface area (Å²) >= 11 is 6.33. The Hall–Kier alpha value is -1.26. The van der Waals surface area contributed by atoms with Crippen LogP contribution < -0.4 is 10.6 Å². The van der Waals surface area contributed by atoms with Gasteiger partial charge in [-0.3, -0.25) is 4.79 Å². The fraction of sp³-hybridized carbons (Fsp3) is 0.533. The molecule has 3 unspecified atom stereocenters. The molecule has 0 radical (unpaired) electrons. The Labute approximate surface area is 124 Å². The second-order valence-corrected chi connectivity index (χ2v) is 5.97. The summed E-state index contributed by atoms with van der Waals surface area (Å²) in [5.41, 5.74) is 7.11. The number of benzene rings is 1. The Bertz CT molecular complexity index is 505. The number of carbonyl (C=O) groups is 1. The van der Waals surface area contributed by atoms with Crippen molar-refractivity contribution in [3.05, 3.63) is 28.8 Å². The largest absolute Gasteiger partial charge is 0.389 e. The molecular formula is C15H21ClN2O2. The Morgan fingerprint density at radius 2 is 2.20 bits per heavy atom. The zero-order valence-electron chi connectivity index (χ0n) is 11.8. The lowest BCUT2D eigenvalue weighted by molar-refractivity contribution is -0.122. The molecule has 2 rings (SSSR count). The van der Waals surface area contributed by atoms with Crippen LogP contribution in [0.1, 0.15) is 38.4 Å². The van der Waals surface area contributed by atoms with E-state index in [1.54, 1.807) is 13.0 Å². The van der Waals surface area contributed by atoms with Crippen molar-refractivity contribution < 1.29 is 9.90 Å². The monoisotopic (exact) mass is 296 g/mol. The predicted molar refractivity (Wildman–Crippen MR) is 80.8 cm³/mol. The zero-order chi connectivity index (χ0) is 14.9. The highest BCUT2D eigenvalue weighted by molar-refractivity contribution is 6.33. The van der Waals surface area contributed by atoms with Crippen LogP contribution in [0.3, 0.4) is 0 Å². The first-order valence-corrected chi connectivity index (χ1v) is 7.31. The van der Waals surface area contributed by atoms with Crippen molar-refractivity contribution in [3.63, 3.8) is 0 Å². The average Bonchev–Trinajstić information content (AvgIpc) is 2.39. The number of aliphatic hydroxyl groups is 1. The van der Waals surface area contributed by atoms with E-state index >= 15 is 0 Å². The summed E-state index contributed by atoms with van der Waals surface area (Å²) in [5.74, 6) is -0.377. The van der Waals surface area contributed by atoms with Gasteiger partial charge in [-0.1, -0.05) is 17.7 Å². The third-order valence-corrected chi connectivity index (χ3v) is 4.35. The van der Waals surface area contributed by atoms with Gasteiger partial charge in [-0.2, -0.15) is 0 Å². The summed E-state index contributed by atoms with van der Waals surface area (Å²) in [5, 5.41) is 10.2. The van der Waals surface area contributed by atoms with Gasteiger partial charge in [0.15, 0.2) is 0 Å². The van der Waals surface area contributed by atoms with Crippen molar-refractivity contribution in [2.24, 2.45) is 11.7 Å². The molecule has 0 aromatic heterocycles. The van der Waals surface area contributed by atoms with Crippen molar-refractivity contribution >= 4 is 23.2 Å². The number of amides is 1. The summed E-state index contributed by atoms with van der Waals surface area (Å²) in [6, 6.07) is 5.87. The minimum atomic E-state index is -0.543. The highest BCUT2D eigenvalue weighted by Crippen LogP contribution is 2.34. The van der Waals surface area contributed by atoms with Crippen LogP contribution in [0.5, 0.6) is 0 Å². The highest BCUT2D eigenvalue weighted by Gasteiger charge is 2.29. The van der Waals surface area contributed by atoms with E-state index < -0.39 is 6.10 Å². The van der Waals surface area contributed by atoms with Gasteiger partial charge >= 0.3 is 0 Å². The maximum atomic E-state index is 11.4. The lowest BCUT2D eigenvalue weighted by atomic mass is 9.92. The van der Waals surface area contributed by atoms with E-state index in [2.05, 4.69) is 11.8 Å². The van der Waals surface area contributed by atoms with E-state index in [0.717, 1.165) is 24.1 Å². The van der Waals surface area contributed by atoms with Crippen molar-refractivity contribution in [3.8, 4) is 0 Å². The lowest BCUT2D eigenvalue weighted by Crippen LogP contribution is -2.46. The number of carbonyl (C=O) groups excluding carboxylic acids is 1. The zero-order valence-corrected chi connectivity index (χ0v) is 12.6. The molecule has 1 aliphatic rings. The van der Waals surface area contributed by atoms with Gasteiger partial charge < -0.3 is 15.7 Å². The molecule has 1 saturated heterocycles. The molecule has 1 aliphatic heterocycles. The Kier molecular flexibility index (Phi) is 4.55. The molecule has 3 N–H and O–H groups in total. The third kappa shape index (κ3) is 3.07. The number of hydrogen-bond acceptors (Lipinski definition) is 3. The van der Waals surface area contributed by atoms with Crippen molar-refractivity contribution in [1.29, 1.82) is 0 Å². The smallest absolute Gasteiger partial charge is 0.222 e. The second kappa shape index (κ2) is 6.02. The summed E-state index contributed by atoms with van der Waals surface area (Å²) < 4.78 is 0. The molecule has 110 valence electrons. The van der Waals surface area contributed by atoms with Crippen molar-refractivity contribution in [1.82, 2.24) is 0 Å². The number of nitrogens with zero attached hydrogens (tertiary/aromatic N) is 1. The number of halogens is 1. The number of piperidine rings is 1. The molecule has 1 fully saturated rings. The van der Waals surface area contributed by atoms with Crippen LogP contribution in [0.25, 0.3) is 0 Å². The van der Waals surface area contributed by atoms with E-state index in [1.165, 1.54) is 0 Å². The highest BCUT2D eigenvalue weighted by atomic mass is 35.5. The van der Waals surface area contributed by atoms with Gasteiger partial charge in [-0.25, -0.2) is 0 Å². The SMILES string of the molecule is CC(O)c1ccc(N2CC(C(N)=O)CCC2C)c(Cl)c1. The van der Waals surface area contributed by atoms with Crippen molar-refractivity contribution in [2.45, 2.75) is 38.8 Å². The summed E-state index contributed by atoms with van der Waals surface area (Å²) in [7, 11) is 0. The minimum Gasteiger partial charge on any atom is -0.389 e. The minimum absolute atomic E-state index is 0.126. The second-order valence-electron chi connectivity index (χ2n) is 5.56. The van der Waals surface area contributed by atoms with E-state index in [-0.39, 0.29) is 11.8 Å². The van der Waals surface area contributed by atoms with E-state index in [9.17, 15) is 9.90 Å². The quantitative estimate of drug-likeness (QED) is 0.900. The molecule has 1 aromatic rings. The van der Waals surface area contributed by atoms with Crippen LogP contribution in [0.4, 0.5) is 5.69 Å². The standard InChI is InChI=1S/C15H21ClN2O2/c1-9-3-4-12(15(17)20)8-18(9)14-6-5-11(10(2)19)7-13(14)16/h5-7,9-10,12,19H,3-4,8H2,1-2H3,(H2,17,20). The maximum Gasteiger partial charge on any atom is 0.222 e. The summed E-state index contributed by atoms with van der Waals surface area (Å²) in [6.45, 7) is 4.43. The summed E-state index contributed by atoms with van der Waals surface area (Å²) in [4.78, 5) is 13.5. The molecule has 1 amide bonds. The van der Waals surface area contributed by atoms with Crippen LogP contribution >= 0.6 is 11.6 Å². The van der Waals surface area contributed by atoms with Gasteiger partial charge in [-0.15, -0.1) is 0 Å². The first-order chi connectivity index (χ1) is 9.40. The van der Waals surface area contributed by atoms with E-state index in [1.807, 2.05) is 12.1 Å². The molecule has 0 bridgehead atoms. The fourth-order valence-electron chi connectivity index (χ4n) is 2.69. The number of rotatable bonds is 3.